The topological polar surface area (TPSA) is 76.7 Å². The minimum atomic E-state index is -0.188. The molecule has 1 aliphatic carbocycles. The minimum absolute atomic E-state index is 0.0438. The lowest BCUT2D eigenvalue weighted by Crippen LogP contribution is -2.12. The first-order valence-electron chi connectivity index (χ1n) is 8.51. The Morgan fingerprint density at radius 2 is 1.88 bits per heavy atom. The largest absolute Gasteiger partial charge is 0.491 e. The van der Waals surface area contributed by atoms with Crippen molar-refractivity contribution in [2.45, 2.75) is 19.8 Å². The number of hydrogen-bond acceptors (Lipinski definition) is 5. The Bertz CT molecular complexity index is 781. The molecule has 0 aliphatic heterocycles. The fraction of sp³-hybridized carbons (Fsp3) is 0.368. The summed E-state index contributed by atoms with van der Waals surface area (Å²) in [5.74, 6) is 0.714. The third-order valence-electron chi connectivity index (χ3n) is 3.99. The molecule has 2 N–H and O–H groups in total. The van der Waals surface area contributed by atoms with E-state index < -0.39 is 0 Å². The van der Waals surface area contributed by atoms with E-state index in [1.807, 2.05) is 13.0 Å². The quantitative estimate of drug-likeness (QED) is 0.691. The molecule has 1 saturated carbocycles. The van der Waals surface area contributed by atoms with Gasteiger partial charge < -0.3 is 20.1 Å². The van der Waals surface area contributed by atoms with Gasteiger partial charge in [-0.2, -0.15) is 0 Å². The van der Waals surface area contributed by atoms with Gasteiger partial charge in [0.15, 0.2) is 0 Å². The van der Waals surface area contributed by atoms with Crippen molar-refractivity contribution in [3.8, 4) is 5.75 Å². The molecule has 1 aromatic heterocycles. The van der Waals surface area contributed by atoms with Gasteiger partial charge in [-0.05, 0) is 55.7 Å². The number of carbonyl (C=O) groups excluding carboxylic acids is 2. The lowest BCUT2D eigenvalue weighted by atomic mass is 10.2. The Balaban J connectivity index is 1.58. The summed E-state index contributed by atoms with van der Waals surface area (Å²) in [7, 11) is 1.62. The van der Waals surface area contributed by atoms with Gasteiger partial charge in [0.05, 0.1) is 16.5 Å². The maximum absolute atomic E-state index is 12.5. The Morgan fingerprint density at radius 3 is 2.54 bits per heavy atom. The molecule has 1 aromatic carbocycles. The molecule has 138 valence electrons. The molecule has 0 unspecified atom stereocenters. The van der Waals surface area contributed by atoms with Crippen molar-refractivity contribution in [1.29, 1.82) is 0 Å². The zero-order valence-corrected chi connectivity index (χ0v) is 15.7. The zero-order chi connectivity index (χ0) is 18.5. The van der Waals surface area contributed by atoms with E-state index in [4.69, 9.17) is 9.47 Å². The van der Waals surface area contributed by atoms with Crippen LogP contribution in [-0.4, -0.2) is 32.1 Å². The molecule has 6 nitrogen and oxygen atoms in total. The second-order valence-electron chi connectivity index (χ2n) is 6.21. The van der Waals surface area contributed by atoms with Gasteiger partial charge in [-0.1, -0.05) is 0 Å². The van der Waals surface area contributed by atoms with Crippen LogP contribution in [0.5, 0.6) is 5.75 Å². The molecule has 3 rings (SSSR count). The number of aryl methyl sites for hydroxylation is 1. The highest BCUT2D eigenvalue weighted by Gasteiger charge is 2.30. The molecule has 0 saturated heterocycles. The highest BCUT2D eigenvalue weighted by molar-refractivity contribution is 7.18. The number of benzene rings is 1. The van der Waals surface area contributed by atoms with E-state index in [2.05, 4.69) is 10.6 Å². The second kappa shape index (κ2) is 8.33. The molecule has 1 fully saturated rings. The maximum Gasteiger partial charge on any atom is 0.266 e. The van der Waals surface area contributed by atoms with Crippen LogP contribution in [0, 0.1) is 12.8 Å². The predicted octanol–water partition coefficient (Wildman–Crippen LogP) is 3.68. The number of nitrogens with one attached hydrogen (secondary N) is 2. The van der Waals surface area contributed by atoms with Gasteiger partial charge in [0.25, 0.3) is 5.91 Å². The molecule has 2 aromatic rings. The van der Waals surface area contributed by atoms with Crippen molar-refractivity contribution in [2.24, 2.45) is 5.92 Å². The first kappa shape index (κ1) is 18.4. The molecule has 7 heteroatoms. The first-order valence-corrected chi connectivity index (χ1v) is 9.33. The summed E-state index contributed by atoms with van der Waals surface area (Å²) in [5, 5.41) is 6.48. The standard InChI is InChI=1S/C19H22N2O4S/c1-12-11-16(21-18(22)13-3-4-13)26-17(12)19(23)20-14-5-7-15(8-6-14)25-10-9-24-2/h5-8,11,13H,3-4,9-10H2,1-2H3,(H,20,23)(H,21,22). The van der Waals surface area contributed by atoms with Crippen LogP contribution in [-0.2, 0) is 9.53 Å². The lowest BCUT2D eigenvalue weighted by Gasteiger charge is -2.08. The number of thiophene rings is 1. The number of anilines is 2. The van der Waals surface area contributed by atoms with E-state index in [9.17, 15) is 9.59 Å². The molecule has 0 spiro atoms. The summed E-state index contributed by atoms with van der Waals surface area (Å²) in [6.07, 6.45) is 1.91. The predicted molar refractivity (Wildman–Crippen MR) is 102 cm³/mol. The SMILES string of the molecule is COCCOc1ccc(NC(=O)c2sc(NC(=O)C3CC3)cc2C)cc1. The summed E-state index contributed by atoms with van der Waals surface area (Å²) >= 11 is 1.29. The first-order chi connectivity index (χ1) is 12.6. The zero-order valence-electron chi connectivity index (χ0n) is 14.8. The summed E-state index contributed by atoms with van der Waals surface area (Å²) in [5.41, 5.74) is 1.53. The Hall–Kier alpha value is -2.38. The van der Waals surface area contributed by atoms with Crippen molar-refractivity contribution in [2.75, 3.05) is 31.0 Å². The number of ether oxygens (including phenoxy) is 2. The Labute approximate surface area is 156 Å². The van der Waals surface area contributed by atoms with Gasteiger partial charge in [-0.15, -0.1) is 11.3 Å². The monoisotopic (exact) mass is 374 g/mol. The van der Waals surface area contributed by atoms with Crippen LogP contribution >= 0.6 is 11.3 Å². The summed E-state index contributed by atoms with van der Waals surface area (Å²) < 4.78 is 10.4. The van der Waals surface area contributed by atoms with Gasteiger partial charge in [0.1, 0.15) is 12.4 Å². The van der Waals surface area contributed by atoms with Crippen LogP contribution in [0.4, 0.5) is 10.7 Å². The number of carbonyl (C=O) groups is 2. The third kappa shape index (κ3) is 4.83. The van der Waals surface area contributed by atoms with Crippen LogP contribution in [0.25, 0.3) is 0 Å². The molecular weight excluding hydrogens is 352 g/mol. The van der Waals surface area contributed by atoms with E-state index in [1.54, 1.807) is 31.4 Å². The van der Waals surface area contributed by atoms with E-state index in [0.717, 1.165) is 24.2 Å². The van der Waals surface area contributed by atoms with Crippen molar-refractivity contribution >= 4 is 33.8 Å². The van der Waals surface area contributed by atoms with Crippen molar-refractivity contribution in [3.05, 3.63) is 40.8 Å². The molecule has 2 amide bonds. The number of rotatable bonds is 8. The van der Waals surface area contributed by atoms with Crippen LogP contribution in [0.15, 0.2) is 30.3 Å². The van der Waals surface area contributed by atoms with E-state index in [0.29, 0.717) is 28.8 Å². The highest BCUT2D eigenvalue weighted by atomic mass is 32.1. The molecule has 0 radical (unpaired) electrons. The fourth-order valence-corrected chi connectivity index (χ4v) is 3.37. The van der Waals surface area contributed by atoms with E-state index >= 15 is 0 Å². The Kier molecular flexibility index (Phi) is 5.90. The van der Waals surface area contributed by atoms with Gasteiger partial charge in [0.2, 0.25) is 5.91 Å². The fourth-order valence-electron chi connectivity index (χ4n) is 2.40. The number of amides is 2. The summed E-state index contributed by atoms with van der Waals surface area (Å²) in [4.78, 5) is 25.0. The highest BCUT2D eigenvalue weighted by Crippen LogP contribution is 2.33. The van der Waals surface area contributed by atoms with E-state index in [-0.39, 0.29) is 17.7 Å². The molecular formula is C19H22N2O4S. The third-order valence-corrected chi connectivity index (χ3v) is 5.14. The van der Waals surface area contributed by atoms with Gasteiger partial charge in [-0.25, -0.2) is 0 Å². The average molecular weight is 374 g/mol. The van der Waals surface area contributed by atoms with Gasteiger partial charge in [-0.3, -0.25) is 9.59 Å². The van der Waals surface area contributed by atoms with Crippen LogP contribution in [0.1, 0.15) is 28.1 Å². The lowest BCUT2D eigenvalue weighted by molar-refractivity contribution is -0.117. The normalized spacial score (nSPS) is 13.3. The Morgan fingerprint density at radius 1 is 1.15 bits per heavy atom. The average Bonchev–Trinajstić information content (AvgIpc) is 3.40. The smallest absolute Gasteiger partial charge is 0.266 e. The molecule has 1 aliphatic rings. The second-order valence-corrected chi connectivity index (χ2v) is 7.26. The van der Waals surface area contributed by atoms with E-state index in [1.165, 1.54) is 11.3 Å². The number of methoxy groups -OCH3 is 1. The minimum Gasteiger partial charge on any atom is -0.491 e. The molecule has 0 bridgehead atoms. The van der Waals surface area contributed by atoms with Crippen molar-refractivity contribution < 1.29 is 19.1 Å². The van der Waals surface area contributed by atoms with Gasteiger partial charge in [0, 0.05) is 18.7 Å². The molecule has 1 heterocycles. The van der Waals surface area contributed by atoms with Crippen molar-refractivity contribution in [3.63, 3.8) is 0 Å². The maximum atomic E-state index is 12.5. The summed E-state index contributed by atoms with van der Waals surface area (Å²) in [6.45, 7) is 2.87. The molecule has 26 heavy (non-hydrogen) atoms. The van der Waals surface area contributed by atoms with Crippen LogP contribution in [0.3, 0.4) is 0 Å². The summed E-state index contributed by atoms with van der Waals surface area (Å²) in [6, 6.07) is 9.02. The van der Waals surface area contributed by atoms with Gasteiger partial charge >= 0.3 is 0 Å². The van der Waals surface area contributed by atoms with Crippen molar-refractivity contribution in [1.82, 2.24) is 0 Å². The van der Waals surface area contributed by atoms with Crippen LogP contribution < -0.4 is 15.4 Å². The van der Waals surface area contributed by atoms with Crippen LogP contribution in [0.2, 0.25) is 0 Å². The molecule has 0 atom stereocenters. The number of hydrogen-bond donors (Lipinski definition) is 2.